The lowest BCUT2D eigenvalue weighted by molar-refractivity contribution is -0.385. The molecule has 0 aliphatic rings. The fraction of sp³-hybridized carbons (Fsp3) is 0. The van der Waals surface area contributed by atoms with E-state index in [-0.39, 0.29) is 11.4 Å². The Bertz CT molecular complexity index is 951. The Hall–Kier alpha value is -3.53. The van der Waals surface area contributed by atoms with Crippen molar-refractivity contribution in [3.8, 4) is 10.6 Å². The second-order valence-corrected chi connectivity index (χ2v) is 5.76. The van der Waals surface area contributed by atoms with E-state index in [1.54, 1.807) is 24.3 Å². The highest BCUT2D eigenvalue weighted by Crippen LogP contribution is 2.29. The van der Waals surface area contributed by atoms with Crippen LogP contribution in [-0.4, -0.2) is 26.3 Å². The van der Waals surface area contributed by atoms with Crippen molar-refractivity contribution in [1.29, 1.82) is 0 Å². The van der Waals surface area contributed by atoms with Crippen LogP contribution in [-0.2, 0) is 0 Å². The number of benzene rings is 2. The number of non-ortho nitro benzene ring substituents is 2. The average Bonchev–Trinajstić information content (AvgIpc) is 3.09. The number of aromatic nitrogens is 2. The predicted octanol–water partition coefficient (Wildman–Crippen LogP) is 3.77. The lowest BCUT2D eigenvalue weighted by Crippen LogP contribution is -1.88. The van der Waals surface area contributed by atoms with E-state index in [1.165, 1.54) is 41.8 Å². The molecule has 0 saturated carbocycles. The number of rotatable bonds is 5. The summed E-state index contributed by atoms with van der Waals surface area (Å²) >= 11 is 1.23. The molecule has 0 fully saturated rings. The van der Waals surface area contributed by atoms with E-state index >= 15 is 0 Å². The van der Waals surface area contributed by atoms with Gasteiger partial charge in [0.05, 0.1) is 9.85 Å². The van der Waals surface area contributed by atoms with E-state index in [2.05, 4.69) is 15.2 Å². The summed E-state index contributed by atoms with van der Waals surface area (Å²) in [6.45, 7) is 0. The van der Waals surface area contributed by atoms with Crippen LogP contribution in [0.25, 0.3) is 10.6 Å². The number of aliphatic imine (C=N–C) groups is 1. The maximum Gasteiger partial charge on any atom is 0.269 e. The molecule has 0 unspecified atom stereocenters. The minimum atomic E-state index is -0.470. The molecule has 0 saturated heterocycles. The highest BCUT2D eigenvalue weighted by Gasteiger charge is 2.09. The molecule has 1 heterocycles. The predicted molar refractivity (Wildman–Crippen MR) is 92.3 cm³/mol. The Morgan fingerprint density at radius 2 is 1.44 bits per heavy atom. The maximum atomic E-state index is 10.7. The van der Waals surface area contributed by atoms with Gasteiger partial charge in [-0.25, -0.2) is 4.99 Å². The van der Waals surface area contributed by atoms with Crippen LogP contribution in [0.4, 0.5) is 16.5 Å². The van der Waals surface area contributed by atoms with Crippen molar-refractivity contribution < 1.29 is 9.85 Å². The van der Waals surface area contributed by atoms with Crippen LogP contribution in [0.15, 0.2) is 53.5 Å². The lowest BCUT2D eigenvalue weighted by Gasteiger charge is -1.94. The normalized spacial score (nSPS) is 10.9. The molecule has 0 N–H and O–H groups in total. The average molecular weight is 355 g/mol. The summed E-state index contributed by atoms with van der Waals surface area (Å²) in [5.74, 6) is 0. The molecule has 9 nitrogen and oxygen atoms in total. The van der Waals surface area contributed by atoms with Crippen molar-refractivity contribution in [1.82, 2.24) is 10.2 Å². The lowest BCUT2D eigenvalue weighted by atomic mass is 10.2. The van der Waals surface area contributed by atoms with Gasteiger partial charge in [0.25, 0.3) is 11.4 Å². The highest BCUT2D eigenvalue weighted by atomic mass is 32.1. The van der Waals surface area contributed by atoms with E-state index < -0.39 is 9.85 Å². The van der Waals surface area contributed by atoms with Gasteiger partial charge in [-0.15, -0.1) is 10.2 Å². The highest BCUT2D eigenvalue weighted by molar-refractivity contribution is 7.18. The molecule has 0 bridgehead atoms. The van der Waals surface area contributed by atoms with Crippen LogP contribution in [0.1, 0.15) is 5.56 Å². The van der Waals surface area contributed by atoms with Gasteiger partial charge in [0.1, 0.15) is 5.01 Å². The van der Waals surface area contributed by atoms with Crippen LogP contribution in [0.2, 0.25) is 0 Å². The zero-order valence-electron chi connectivity index (χ0n) is 12.5. The standard InChI is InChI=1S/C15H9N5O4S/c21-19(22)12-5-1-10(2-6-12)9-16-15-18-17-14(25-15)11-3-7-13(8-4-11)20(23)24/h1-9H/b16-9+. The minimum Gasteiger partial charge on any atom is -0.258 e. The first-order valence-corrected chi connectivity index (χ1v) is 7.71. The summed E-state index contributed by atoms with van der Waals surface area (Å²) in [5.41, 5.74) is 1.41. The molecule has 0 spiro atoms. The van der Waals surface area contributed by atoms with Gasteiger partial charge in [0.2, 0.25) is 5.13 Å². The summed E-state index contributed by atoms with van der Waals surface area (Å²) in [5, 5.41) is 30.2. The van der Waals surface area contributed by atoms with E-state index in [9.17, 15) is 20.2 Å². The van der Waals surface area contributed by atoms with E-state index in [1.807, 2.05) is 0 Å². The Labute approximate surface area is 144 Å². The van der Waals surface area contributed by atoms with Crippen molar-refractivity contribution in [2.24, 2.45) is 4.99 Å². The van der Waals surface area contributed by atoms with Crippen molar-refractivity contribution in [3.63, 3.8) is 0 Å². The van der Waals surface area contributed by atoms with Crippen LogP contribution in [0, 0.1) is 20.2 Å². The zero-order chi connectivity index (χ0) is 17.8. The van der Waals surface area contributed by atoms with Crippen molar-refractivity contribution in [2.75, 3.05) is 0 Å². The number of nitrogens with zero attached hydrogens (tertiary/aromatic N) is 5. The third-order valence-corrected chi connectivity index (χ3v) is 4.05. The smallest absolute Gasteiger partial charge is 0.258 e. The topological polar surface area (TPSA) is 124 Å². The minimum absolute atomic E-state index is 0.00433. The third kappa shape index (κ3) is 3.87. The van der Waals surface area contributed by atoms with Gasteiger partial charge >= 0.3 is 0 Å². The van der Waals surface area contributed by atoms with E-state index in [4.69, 9.17) is 0 Å². The van der Waals surface area contributed by atoms with Gasteiger partial charge in [-0.3, -0.25) is 20.2 Å². The van der Waals surface area contributed by atoms with Gasteiger partial charge in [-0.1, -0.05) is 11.3 Å². The monoisotopic (exact) mass is 355 g/mol. The number of hydrogen-bond donors (Lipinski definition) is 0. The van der Waals surface area contributed by atoms with Crippen molar-refractivity contribution in [3.05, 3.63) is 74.3 Å². The molecule has 124 valence electrons. The summed E-state index contributed by atoms with van der Waals surface area (Å²) < 4.78 is 0. The molecule has 3 aromatic rings. The Kier molecular flexibility index (Phi) is 4.53. The number of nitro benzene ring substituents is 2. The van der Waals surface area contributed by atoms with Gasteiger partial charge in [0, 0.05) is 36.0 Å². The maximum absolute atomic E-state index is 10.7. The molecule has 0 aliphatic carbocycles. The molecule has 2 aromatic carbocycles. The fourth-order valence-corrected chi connectivity index (χ4v) is 2.62. The van der Waals surface area contributed by atoms with Crippen LogP contribution >= 0.6 is 11.3 Å². The van der Waals surface area contributed by atoms with Crippen LogP contribution in [0.3, 0.4) is 0 Å². The van der Waals surface area contributed by atoms with E-state index in [0.29, 0.717) is 21.3 Å². The first kappa shape index (κ1) is 16.3. The fourth-order valence-electron chi connectivity index (χ4n) is 1.92. The molecule has 3 rings (SSSR count). The van der Waals surface area contributed by atoms with Crippen molar-refractivity contribution in [2.45, 2.75) is 0 Å². The van der Waals surface area contributed by atoms with Gasteiger partial charge in [-0.2, -0.15) is 0 Å². The Balaban J connectivity index is 1.74. The second kappa shape index (κ2) is 6.93. The number of nitro groups is 2. The molecule has 25 heavy (non-hydrogen) atoms. The summed E-state index contributed by atoms with van der Waals surface area (Å²) in [7, 11) is 0. The van der Waals surface area contributed by atoms with E-state index in [0.717, 1.165) is 0 Å². The summed E-state index contributed by atoms with van der Waals surface area (Å²) in [4.78, 5) is 24.5. The third-order valence-electron chi connectivity index (χ3n) is 3.17. The molecule has 10 heteroatoms. The molecule has 0 atom stereocenters. The largest absolute Gasteiger partial charge is 0.269 e. The molecule has 0 radical (unpaired) electrons. The molecular weight excluding hydrogens is 346 g/mol. The Morgan fingerprint density at radius 1 is 0.880 bits per heavy atom. The first-order chi connectivity index (χ1) is 12.0. The van der Waals surface area contributed by atoms with Gasteiger partial charge < -0.3 is 0 Å². The van der Waals surface area contributed by atoms with Crippen LogP contribution in [0.5, 0.6) is 0 Å². The summed E-state index contributed by atoms with van der Waals surface area (Å²) in [6, 6.07) is 11.9. The van der Waals surface area contributed by atoms with Gasteiger partial charge in [-0.05, 0) is 29.8 Å². The summed E-state index contributed by atoms with van der Waals surface area (Å²) in [6.07, 6.45) is 1.53. The molecule has 1 aromatic heterocycles. The second-order valence-electron chi connectivity index (χ2n) is 4.80. The molecular formula is C15H9N5O4S. The van der Waals surface area contributed by atoms with Crippen LogP contribution < -0.4 is 0 Å². The number of hydrogen-bond acceptors (Lipinski definition) is 8. The molecule has 0 aliphatic heterocycles. The van der Waals surface area contributed by atoms with Crippen molar-refractivity contribution >= 4 is 34.1 Å². The first-order valence-electron chi connectivity index (χ1n) is 6.90. The SMILES string of the molecule is O=[N+]([O-])c1ccc(/C=N/c2nnc(-c3ccc([N+](=O)[O-])cc3)s2)cc1. The zero-order valence-corrected chi connectivity index (χ0v) is 13.3. The van der Waals surface area contributed by atoms with Gasteiger partial charge in [0.15, 0.2) is 0 Å². The quantitative estimate of drug-likeness (QED) is 0.390. The Morgan fingerprint density at radius 3 is 2.00 bits per heavy atom. The molecule has 0 amide bonds.